The van der Waals surface area contributed by atoms with Gasteiger partial charge >= 0.3 is 5.97 Å². The lowest BCUT2D eigenvalue weighted by Gasteiger charge is -2.16. The average molecular weight is 420 g/mol. The molecule has 2 atom stereocenters. The minimum Gasteiger partial charge on any atom is -0.462 e. The molecule has 1 rings (SSSR count). The maximum Gasteiger partial charge on any atom is 0.319 e. The Morgan fingerprint density at radius 2 is 2.00 bits per heavy atom. The number of carbonyl (C=O) groups excluding carboxylic acids is 2. The molecule has 0 bridgehead atoms. The van der Waals surface area contributed by atoms with Gasteiger partial charge in [0.1, 0.15) is 11.1 Å². The van der Waals surface area contributed by atoms with Gasteiger partial charge < -0.3 is 10.1 Å². The fourth-order valence-electron chi connectivity index (χ4n) is 1.77. The predicted octanol–water partition coefficient (Wildman–Crippen LogP) is 5.15. The van der Waals surface area contributed by atoms with E-state index in [-0.39, 0.29) is 23.7 Å². The highest BCUT2D eigenvalue weighted by Gasteiger charge is 2.20. The van der Waals surface area contributed by atoms with Gasteiger partial charge in [-0.25, -0.2) is 4.39 Å². The topological polar surface area (TPSA) is 55.4 Å². The van der Waals surface area contributed by atoms with Crippen LogP contribution < -0.4 is 5.32 Å². The Kier molecular flexibility index (Phi) is 8.76. The molecule has 1 aromatic rings. The molecule has 0 saturated carbocycles. The average Bonchev–Trinajstić information content (AvgIpc) is 2.51. The van der Waals surface area contributed by atoms with Crippen LogP contribution in [0, 0.1) is 5.82 Å². The molecule has 0 aromatic heterocycles. The zero-order valence-corrected chi connectivity index (χ0v) is 16.7. The van der Waals surface area contributed by atoms with E-state index in [4.69, 9.17) is 4.74 Å². The van der Waals surface area contributed by atoms with Gasteiger partial charge in [-0.3, -0.25) is 9.59 Å². The maximum atomic E-state index is 14.0. The first-order valence-corrected chi connectivity index (χ1v) is 9.61. The summed E-state index contributed by atoms with van der Waals surface area (Å²) in [4.78, 5) is 24.4. The third-order valence-corrected chi connectivity index (χ3v) is 5.36. The van der Waals surface area contributed by atoms with E-state index in [1.54, 1.807) is 6.92 Å². The lowest BCUT2D eigenvalue weighted by molar-refractivity contribution is -0.147. The summed E-state index contributed by atoms with van der Waals surface area (Å²) < 4.78 is 19.8. The van der Waals surface area contributed by atoms with Crippen molar-refractivity contribution in [2.75, 3.05) is 5.32 Å². The van der Waals surface area contributed by atoms with Crippen LogP contribution in [0.5, 0.6) is 0 Å². The second-order valence-electron chi connectivity index (χ2n) is 5.48. The number of benzene rings is 1. The van der Waals surface area contributed by atoms with Crippen molar-refractivity contribution in [3.8, 4) is 0 Å². The van der Waals surface area contributed by atoms with Gasteiger partial charge in [-0.15, -0.1) is 11.8 Å². The van der Waals surface area contributed by atoms with E-state index in [9.17, 15) is 14.0 Å². The van der Waals surface area contributed by atoms with E-state index in [2.05, 4.69) is 21.2 Å². The zero-order chi connectivity index (χ0) is 18.3. The number of amides is 1. The zero-order valence-electron chi connectivity index (χ0n) is 14.3. The van der Waals surface area contributed by atoms with Gasteiger partial charge in [-0.05, 0) is 54.8 Å². The minimum atomic E-state index is -0.523. The standard InChI is InChI=1S/C17H23BrFNO3S/c1-5-7-16(21)20-14-9-15(12(18)8-13(14)19)24-11(4)17(22)23-10(3)6-2/h8-11H,5-7H2,1-4H3,(H,20,21). The van der Waals surface area contributed by atoms with Gasteiger partial charge in [0.05, 0.1) is 11.8 Å². The maximum absolute atomic E-state index is 14.0. The molecule has 7 heteroatoms. The second-order valence-corrected chi connectivity index (χ2v) is 7.71. The molecule has 0 aliphatic heterocycles. The summed E-state index contributed by atoms with van der Waals surface area (Å²) in [5, 5.41) is 2.11. The van der Waals surface area contributed by atoms with E-state index in [0.717, 1.165) is 6.42 Å². The van der Waals surface area contributed by atoms with E-state index >= 15 is 0 Å². The van der Waals surface area contributed by atoms with Gasteiger partial charge in [0, 0.05) is 15.8 Å². The number of carbonyl (C=O) groups is 2. The molecule has 2 unspecified atom stereocenters. The van der Waals surface area contributed by atoms with Crippen molar-refractivity contribution < 1.29 is 18.7 Å². The molecular weight excluding hydrogens is 397 g/mol. The Hall–Kier alpha value is -1.08. The Balaban J connectivity index is 2.87. The molecule has 0 spiro atoms. The van der Waals surface area contributed by atoms with Gasteiger partial charge in [-0.2, -0.15) is 0 Å². The fourth-order valence-corrected chi connectivity index (χ4v) is 3.26. The number of thioether (sulfide) groups is 1. The normalized spacial score (nSPS) is 13.2. The molecule has 134 valence electrons. The monoisotopic (exact) mass is 419 g/mol. The van der Waals surface area contributed by atoms with Crippen molar-refractivity contribution in [2.24, 2.45) is 0 Å². The third-order valence-electron chi connectivity index (χ3n) is 3.30. The molecule has 0 aliphatic rings. The number of hydrogen-bond acceptors (Lipinski definition) is 4. The number of anilines is 1. The van der Waals surface area contributed by atoms with Crippen molar-refractivity contribution in [3.05, 3.63) is 22.4 Å². The second kappa shape index (κ2) is 10.0. The van der Waals surface area contributed by atoms with E-state index in [0.29, 0.717) is 22.2 Å². The largest absolute Gasteiger partial charge is 0.462 e. The first-order valence-electron chi connectivity index (χ1n) is 7.94. The number of rotatable bonds is 8. The highest BCUT2D eigenvalue weighted by Crippen LogP contribution is 2.35. The smallest absolute Gasteiger partial charge is 0.319 e. The van der Waals surface area contributed by atoms with E-state index < -0.39 is 11.1 Å². The summed E-state index contributed by atoms with van der Waals surface area (Å²) in [7, 11) is 0. The molecular formula is C17H23BrFNO3S. The summed E-state index contributed by atoms with van der Waals surface area (Å²) in [6, 6.07) is 2.82. The molecule has 4 nitrogen and oxygen atoms in total. The first kappa shape index (κ1) is 21.0. The molecule has 24 heavy (non-hydrogen) atoms. The van der Waals surface area contributed by atoms with Gasteiger partial charge in [0.25, 0.3) is 0 Å². The van der Waals surface area contributed by atoms with Crippen LogP contribution in [0.15, 0.2) is 21.5 Å². The van der Waals surface area contributed by atoms with Crippen LogP contribution in [0.2, 0.25) is 0 Å². The van der Waals surface area contributed by atoms with Crippen LogP contribution in [0.4, 0.5) is 10.1 Å². The summed E-state index contributed by atoms with van der Waals surface area (Å²) in [5.41, 5.74) is 0.113. The van der Waals surface area contributed by atoms with E-state index in [1.807, 2.05) is 20.8 Å². The molecule has 0 saturated heterocycles. The van der Waals surface area contributed by atoms with Crippen LogP contribution in [-0.2, 0) is 14.3 Å². The molecule has 1 aromatic carbocycles. The fraction of sp³-hybridized carbons (Fsp3) is 0.529. The van der Waals surface area contributed by atoms with Crippen LogP contribution in [0.25, 0.3) is 0 Å². The van der Waals surface area contributed by atoms with Crippen molar-refractivity contribution in [3.63, 3.8) is 0 Å². The lowest BCUT2D eigenvalue weighted by atomic mass is 10.2. The summed E-state index contributed by atoms with van der Waals surface area (Å²) >= 11 is 4.55. The van der Waals surface area contributed by atoms with Gasteiger partial charge in [-0.1, -0.05) is 13.8 Å². The number of hydrogen-bond donors (Lipinski definition) is 1. The quantitative estimate of drug-likeness (QED) is 0.467. The first-order chi connectivity index (χ1) is 11.3. The number of ether oxygens (including phenoxy) is 1. The predicted molar refractivity (Wildman–Crippen MR) is 98.8 cm³/mol. The molecule has 0 fully saturated rings. The Morgan fingerprint density at radius 1 is 1.33 bits per heavy atom. The number of nitrogens with one attached hydrogen (secondary N) is 1. The van der Waals surface area contributed by atoms with Crippen LogP contribution >= 0.6 is 27.7 Å². The SMILES string of the molecule is CCCC(=O)Nc1cc(SC(C)C(=O)OC(C)CC)c(Br)cc1F. The highest BCUT2D eigenvalue weighted by molar-refractivity contribution is 9.10. The molecule has 0 radical (unpaired) electrons. The van der Waals surface area contributed by atoms with Crippen LogP contribution in [-0.4, -0.2) is 23.2 Å². The van der Waals surface area contributed by atoms with Crippen molar-refractivity contribution in [1.82, 2.24) is 0 Å². The van der Waals surface area contributed by atoms with Gasteiger partial charge in [0.15, 0.2) is 0 Å². The number of esters is 1. The van der Waals surface area contributed by atoms with Crippen molar-refractivity contribution in [1.29, 1.82) is 0 Å². The molecule has 1 N–H and O–H groups in total. The van der Waals surface area contributed by atoms with Crippen LogP contribution in [0.3, 0.4) is 0 Å². The Morgan fingerprint density at radius 3 is 2.58 bits per heavy atom. The summed E-state index contributed by atoms with van der Waals surface area (Å²) in [6.07, 6.45) is 1.62. The third kappa shape index (κ3) is 6.43. The van der Waals surface area contributed by atoms with Crippen molar-refractivity contribution in [2.45, 2.75) is 63.2 Å². The van der Waals surface area contributed by atoms with E-state index in [1.165, 1.54) is 23.9 Å². The Bertz CT molecular complexity index is 597. The number of halogens is 2. The molecule has 1 amide bonds. The summed E-state index contributed by atoms with van der Waals surface area (Å²) in [6.45, 7) is 7.39. The molecule has 0 aliphatic carbocycles. The molecule has 0 heterocycles. The van der Waals surface area contributed by atoms with Crippen LogP contribution in [0.1, 0.15) is 47.0 Å². The van der Waals surface area contributed by atoms with Gasteiger partial charge in [0.2, 0.25) is 5.91 Å². The Labute approximate surface area is 155 Å². The highest BCUT2D eigenvalue weighted by atomic mass is 79.9. The summed E-state index contributed by atoms with van der Waals surface area (Å²) in [5.74, 6) is -1.08. The minimum absolute atomic E-state index is 0.113. The lowest BCUT2D eigenvalue weighted by Crippen LogP contribution is -2.22. The van der Waals surface area contributed by atoms with Crippen molar-refractivity contribution >= 4 is 45.3 Å².